The second-order valence-electron chi connectivity index (χ2n) is 14.6. The molecule has 6 rings (SSSR count). The van der Waals surface area contributed by atoms with Crippen molar-refractivity contribution in [3.05, 3.63) is 147 Å². The van der Waals surface area contributed by atoms with Crippen LogP contribution in [0.25, 0.3) is 0 Å². The van der Waals surface area contributed by atoms with Crippen molar-refractivity contribution in [3.8, 4) is 29.4 Å². The minimum absolute atomic E-state index is 0.121. The van der Waals surface area contributed by atoms with E-state index < -0.39 is 66.5 Å². The molecule has 1 fully saturated rings. The maximum Gasteiger partial charge on any atom is 0.303 e. The van der Waals surface area contributed by atoms with Crippen LogP contribution in [0.4, 0.5) is 10.1 Å². The summed E-state index contributed by atoms with van der Waals surface area (Å²) in [4.78, 5) is 67.2. The van der Waals surface area contributed by atoms with Gasteiger partial charge in [0.15, 0.2) is 10.6 Å². The molecule has 2 heterocycles. The van der Waals surface area contributed by atoms with E-state index in [-0.39, 0.29) is 31.0 Å². The molecule has 4 aromatic carbocycles. The number of β-lactam (4-membered cyclic amide) rings is 1. The quantitative estimate of drug-likeness (QED) is 0.0517. The maximum absolute atomic E-state index is 14.4. The smallest absolute Gasteiger partial charge is 0.303 e. The topological polar surface area (TPSA) is 185 Å². The zero-order valence-electron chi connectivity index (χ0n) is 34.5. The number of anilines is 1. The fraction of sp³-hybridized carbons (Fsp3) is 0.250. The Labute approximate surface area is 366 Å². The van der Waals surface area contributed by atoms with Crippen LogP contribution in [0.1, 0.15) is 89.1 Å². The van der Waals surface area contributed by atoms with Gasteiger partial charge in [0.05, 0.1) is 12.0 Å². The van der Waals surface area contributed by atoms with Crippen molar-refractivity contribution in [1.29, 1.82) is 0 Å². The van der Waals surface area contributed by atoms with E-state index in [1.54, 1.807) is 47.4 Å². The molecule has 1 unspecified atom stereocenters. The monoisotopic (exact) mass is 871 g/mol. The maximum atomic E-state index is 14.4. The predicted octanol–water partition coefficient (Wildman–Crippen LogP) is 6.36. The van der Waals surface area contributed by atoms with Gasteiger partial charge in [-0.15, -0.1) is 11.3 Å². The number of benzene rings is 4. The number of thiazole rings is 1. The Hall–Kier alpha value is -7.33. The third-order valence-electron chi connectivity index (χ3n) is 9.75. The first kappa shape index (κ1) is 45.2. The second-order valence-corrected chi connectivity index (χ2v) is 15.4. The number of hydrogen-bond donors (Lipinski definition) is 2. The number of carbonyl (C=O) groups is 5. The van der Waals surface area contributed by atoms with Gasteiger partial charge in [-0.25, -0.2) is 9.37 Å². The highest BCUT2D eigenvalue weighted by molar-refractivity contribution is 7.10. The molecule has 0 aliphatic carbocycles. The number of hydrogen-bond acceptors (Lipinski definition) is 12. The van der Waals surface area contributed by atoms with Crippen LogP contribution in [0.3, 0.4) is 0 Å². The van der Waals surface area contributed by atoms with Gasteiger partial charge in [-0.2, -0.15) is 0 Å². The van der Waals surface area contributed by atoms with Gasteiger partial charge in [0.2, 0.25) is 5.91 Å². The molecular formula is C48H42FN3O10S. The summed E-state index contributed by atoms with van der Waals surface area (Å²) in [6.45, 7) is 2.65. The number of aliphatic hydroxyl groups is 1. The van der Waals surface area contributed by atoms with Crippen LogP contribution >= 0.6 is 11.3 Å². The molecule has 15 heteroatoms. The van der Waals surface area contributed by atoms with Gasteiger partial charge in [-0.3, -0.25) is 24.0 Å². The minimum atomic E-state index is -2.05. The summed E-state index contributed by atoms with van der Waals surface area (Å²) in [5.41, 5.74) is 6.94. The highest BCUT2D eigenvalue weighted by Crippen LogP contribution is 2.49. The normalized spacial score (nSPS) is 14.7. The lowest BCUT2D eigenvalue weighted by Crippen LogP contribution is -2.55. The summed E-state index contributed by atoms with van der Waals surface area (Å²) in [6.07, 6.45) is -0.329. The van der Waals surface area contributed by atoms with Crippen molar-refractivity contribution in [3.63, 3.8) is 0 Å². The van der Waals surface area contributed by atoms with Gasteiger partial charge in [0, 0.05) is 48.5 Å². The Morgan fingerprint density at radius 1 is 0.873 bits per heavy atom. The van der Waals surface area contributed by atoms with Crippen molar-refractivity contribution in [2.45, 2.75) is 58.0 Å². The van der Waals surface area contributed by atoms with Crippen molar-refractivity contribution in [2.24, 2.45) is 11.7 Å². The first-order chi connectivity index (χ1) is 30.2. The molecular weight excluding hydrogens is 830 g/mol. The molecule has 0 spiro atoms. The Morgan fingerprint density at radius 3 is 2.16 bits per heavy atom. The van der Waals surface area contributed by atoms with E-state index in [9.17, 15) is 33.5 Å². The number of nitrogens with two attached hydrogens (primary N) is 1. The first-order valence-corrected chi connectivity index (χ1v) is 20.5. The van der Waals surface area contributed by atoms with Gasteiger partial charge in [-0.1, -0.05) is 60.2 Å². The highest BCUT2D eigenvalue weighted by atomic mass is 32.1. The second kappa shape index (κ2) is 20.5. The van der Waals surface area contributed by atoms with Crippen molar-refractivity contribution < 1.29 is 52.4 Å². The molecule has 5 aromatic rings. The molecule has 13 nitrogen and oxygen atoms in total. The number of primary amides is 1. The molecule has 0 saturated carbocycles. The molecule has 3 atom stereocenters. The standard InChI is InChI=1S/C48H42FN3O10S/c1-30(53)60-28-48(58,29-61-31(2)54)24-23-34-11-20-43(59-26-35-7-5-4-6-8-35)40(25-34)45-39(19-21-42(62-32(3)55)36-13-15-37(49)16-14-36)47(57)52(45)38-17-9-33(10-18-38)12-22-44-51-41(27-63-44)46(50)56/h4-11,13-18,20,25,27,39,42,45,58H,19,21,26,28-29H2,1-3H3,(H2,50,56)/t39-,42?,45+/m1/s1. The zero-order valence-corrected chi connectivity index (χ0v) is 35.3. The number of halogens is 1. The fourth-order valence-electron chi connectivity index (χ4n) is 6.72. The molecule has 1 aromatic heterocycles. The molecule has 322 valence electrons. The molecule has 3 N–H and O–H groups in total. The number of ether oxygens (including phenoxy) is 4. The van der Waals surface area contributed by atoms with Crippen LogP contribution in [0.5, 0.6) is 5.75 Å². The number of nitrogens with zero attached hydrogens (tertiary/aromatic N) is 2. The van der Waals surface area contributed by atoms with Gasteiger partial charge >= 0.3 is 17.9 Å². The SMILES string of the molecule is CC(=O)OCC(O)(C#Cc1ccc(OCc2ccccc2)c([C@@H]2[C@@H](CCC(OC(C)=O)c3ccc(F)cc3)C(=O)N2c2ccc(C#Cc3nc(C(N)=O)cs3)cc2)c1)COC(C)=O. The summed E-state index contributed by atoms with van der Waals surface area (Å²) in [6, 6.07) is 26.5. The van der Waals surface area contributed by atoms with Crippen molar-refractivity contribution >= 4 is 46.7 Å². The van der Waals surface area contributed by atoms with E-state index in [4.69, 9.17) is 24.7 Å². The molecule has 63 heavy (non-hydrogen) atoms. The summed E-state index contributed by atoms with van der Waals surface area (Å²) >= 11 is 1.18. The lowest BCUT2D eigenvalue weighted by molar-refractivity contribution is -0.154. The summed E-state index contributed by atoms with van der Waals surface area (Å²) in [7, 11) is 0. The van der Waals surface area contributed by atoms with E-state index in [1.165, 1.54) is 61.8 Å². The zero-order chi connectivity index (χ0) is 45.1. The average Bonchev–Trinajstić information content (AvgIpc) is 3.75. The van der Waals surface area contributed by atoms with E-state index in [2.05, 4.69) is 28.7 Å². The molecule has 2 amide bonds. The Bertz CT molecular complexity index is 2590. The highest BCUT2D eigenvalue weighted by Gasteiger charge is 2.50. The van der Waals surface area contributed by atoms with E-state index in [1.807, 2.05) is 30.3 Å². The lowest BCUT2D eigenvalue weighted by Gasteiger charge is -2.48. The third-order valence-corrected chi connectivity index (χ3v) is 10.5. The van der Waals surface area contributed by atoms with Crippen LogP contribution in [0.2, 0.25) is 0 Å². The Kier molecular flexibility index (Phi) is 14.7. The van der Waals surface area contributed by atoms with Crippen LogP contribution in [-0.2, 0) is 40.0 Å². The largest absolute Gasteiger partial charge is 0.489 e. The lowest BCUT2D eigenvalue weighted by atomic mass is 9.77. The van der Waals surface area contributed by atoms with E-state index in [0.29, 0.717) is 38.7 Å². The number of carbonyl (C=O) groups excluding carboxylic acids is 5. The van der Waals surface area contributed by atoms with Gasteiger partial charge in [0.1, 0.15) is 43.2 Å². The summed E-state index contributed by atoms with van der Waals surface area (Å²) < 4.78 is 36.1. The van der Waals surface area contributed by atoms with E-state index >= 15 is 0 Å². The average molecular weight is 872 g/mol. The Balaban J connectivity index is 1.40. The van der Waals surface area contributed by atoms with Crippen molar-refractivity contribution in [1.82, 2.24) is 4.98 Å². The van der Waals surface area contributed by atoms with Crippen molar-refractivity contribution in [2.75, 3.05) is 18.1 Å². The molecule has 0 radical (unpaired) electrons. The van der Waals surface area contributed by atoms with Crippen LogP contribution in [0, 0.1) is 35.4 Å². The molecule has 1 aliphatic heterocycles. The van der Waals surface area contributed by atoms with E-state index in [0.717, 1.165) is 5.56 Å². The number of amides is 2. The fourth-order valence-corrected chi connectivity index (χ4v) is 7.37. The summed E-state index contributed by atoms with van der Waals surface area (Å²) in [5, 5.41) is 13.2. The Morgan fingerprint density at radius 2 is 1.54 bits per heavy atom. The predicted molar refractivity (Wildman–Crippen MR) is 229 cm³/mol. The van der Waals surface area contributed by atoms with Gasteiger partial charge in [-0.05, 0) is 84.5 Å². The molecule has 1 aliphatic rings. The molecule has 1 saturated heterocycles. The number of esters is 3. The number of aromatic nitrogens is 1. The minimum Gasteiger partial charge on any atom is -0.489 e. The van der Waals surface area contributed by atoms with Gasteiger partial charge < -0.3 is 34.7 Å². The van der Waals surface area contributed by atoms with Crippen LogP contribution in [-0.4, -0.2) is 58.6 Å². The summed E-state index contributed by atoms with van der Waals surface area (Å²) in [5.74, 6) is 8.09. The van der Waals surface area contributed by atoms with Crippen LogP contribution < -0.4 is 15.4 Å². The van der Waals surface area contributed by atoms with Gasteiger partial charge in [0.25, 0.3) is 5.91 Å². The first-order valence-electron chi connectivity index (χ1n) is 19.6. The third kappa shape index (κ3) is 12.2. The van der Waals surface area contributed by atoms with Crippen LogP contribution in [0.15, 0.2) is 102 Å². The molecule has 0 bridgehead atoms. The number of rotatable bonds is 15.